The maximum Gasteiger partial charge on any atom is 0.416 e. The van der Waals surface area contributed by atoms with Gasteiger partial charge in [0.15, 0.2) is 0 Å². The van der Waals surface area contributed by atoms with Gasteiger partial charge < -0.3 is 15.5 Å². The second-order valence-corrected chi connectivity index (χ2v) is 8.24. The van der Waals surface area contributed by atoms with Crippen LogP contribution in [0.4, 0.5) is 19.1 Å². The molecule has 2 aromatic rings. The number of carbonyl (C=O) groups excluding carboxylic acids is 2. The van der Waals surface area contributed by atoms with Crippen LogP contribution in [0.3, 0.4) is 0 Å². The van der Waals surface area contributed by atoms with Crippen molar-refractivity contribution in [3.8, 4) is 0 Å². The maximum atomic E-state index is 13.5. The Hall–Kier alpha value is -3.17. The summed E-state index contributed by atoms with van der Waals surface area (Å²) >= 11 is 0. The monoisotopic (exact) mass is 447 g/mol. The quantitative estimate of drug-likeness (QED) is 0.780. The molecule has 2 fully saturated rings. The second-order valence-electron chi connectivity index (χ2n) is 8.24. The zero-order chi connectivity index (χ0) is 23.0. The fourth-order valence-corrected chi connectivity index (χ4v) is 4.76. The minimum atomic E-state index is -4.51. The van der Waals surface area contributed by atoms with Gasteiger partial charge in [-0.25, -0.2) is 9.97 Å². The molecule has 0 aliphatic carbocycles. The number of rotatable bonds is 3. The number of anilines is 1. The molecule has 0 unspecified atom stereocenters. The number of nitrogens with two attached hydrogens (primary N) is 1. The molecule has 0 radical (unpaired) electrons. The minimum Gasteiger partial charge on any atom is -0.368 e. The highest BCUT2D eigenvalue weighted by Gasteiger charge is 2.44. The molecule has 10 heteroatoms. The van der Waals surface area contributed by atoms with Crippen molar-refractivity contribution in [2.24, 2.45) is 0 Å². The van der Waals surface area contributed by atoms with E-state index in [1.807, 2.05) is 0 Å². The van der Waals surface area contributed by atoms with E-state index >= 15 is 0 Å². The van der Waals surface area contributed by atoms with Crippen LogP contribution >= 0.6 is 0 Å². The summed E-state index contributed by atoms with van der Waals surface area (Å²) in [5.74, 6) is -0.490. The molecule has 170 valence electrons. The molecule has 1 aromatic heterocycles. The molecule has 2 atom stereocenters. The standard InChI is InChI=1S/C22H24F3N5O2/c1-13-11-16(28-21(26)27-13)20(32)29-10-9-18-17(29)7-4-8-19(31)30(18)12-14-5-2-3-6-15(14)22(23,24)25/h2-3,5-6,11,17-18H,4,7-10,12H2,1H3,(H2,26,27,28)/t17-,18-/m1/s1. The average molecular weight is 447 g/mol. The third kappa shape index (κ3) is 4.26. The Morgan fingerprint density at radius 2 is 1.94 bits per heavy atom. The van der Waals surface area contributed by atoms with Crippen molar-refractivity contribution in [1.82, 2.24) is 19.8 Å². The molecule has 32 heavy (non-hydrogen) atoms. The lowest BCUT2D eigenvalue weighted by molar-refractivity contribution is -0.140. The largest absolute Gasteiger partial charge is 0.416 e. The number of hydrogen-bond acceptors (Lipinski definition) is 5. The lowest BCUT2D eigenvalue weighted by Gasteiger charge is -2.33. The summed E-state index contributed by atoms with van der Waals surface area (Å²) in [6.45, 7) is 1.96. The van der Waals surface area contributed by atoms with Crippen molar-refractivity contribution in [3.63, 3.8) is 0 Å². The van der Waals surface area contributed by atoms with Gasteiger partial charge in [-0.15, -0.1) is 0 Å². The molecular weight excluding hydrogens is 423 g/mol. The van der Waals surface area contributed by atoms with Gasteiger partial charge in [-0.1, -0.05) is 18.2 Å². The number of hydrogen-bond donors (Lipinski definition) is 1. The number of carbonyl (C=O) groups is 2. The number of likely N-dealkylation sites (tertiary alicyclic amines) is 2. The van der Waals surface area contributed by atoms with Gasteiger partial charge in [0.1, 0.15) is 5.69 Å². The molecule has 2 amide bonds. The van der Waals surface area contributed by atoms with Gasteiger partial charge in [0.05, 0.1) is 17.6 Å². The average Bonchev–Trinajstić information content (AvgIpc) is 3.07. The first-order chi connectivity index (χ1) is 15.1. The fraction of sp³-hybridized carbons (Fsp3) is 0.455. The molecular formula is C22H24F3N5O2. The third-order valence-electron chi connectivity index (χ3n) is 6.14. The Morgan fingerprint density at radius 3 is 2.66 bits per heavy atom. The predicted octanol–water partition coefficient (Wildman–Crippen LogP) is 3.18. The highest BCUT2D eigenvalue weighted by Crippen LogP contribution is 2.36. The highest BCUT2D eigenvalue weighted by atomic mass is 19.4. The molecule has 2 N–H and O–H groups in total. The van der Waals surface area contributed by atoms with Gasteiger partial charge in [-0.05, 0) is 43.9 Å². The number of halogens is 3. The van der Waals surface area contributed by atoms with Gasteiger partial charge in [0.2, 0.25) is 11.9 Å². The Bertz CT molecular complexity index is 1020. The summed E-state index contributed by atoms with van der Waals surface area (Å²) in [4.78, 5) is 37.3. The number of benzene rings is 1. The normalized spacial score (nSPS) is 21.4. The fourth-order valence-electron chi connectivity index (χ4n) is 4.76. The van der Waals surface area contributed by atoms with Crippen molar-refractivity contribution >= 4 is 17.8 Å². The Balaban J connectivity index is 1.62. The third-order valence-corrected chi connectivity index (χ3v) is 6.14. The van der Waals surface area contributed by atoms with Gasteiger partial charge >= 0.3 is 6.18 Å². The molecule has 0 saturated carbocycles. The summed E-state index contributed by atoms with van der Waals surface area (Å²) in [7, 11) is 0. The molecule has 1 aromatic carbocycles. The first kappa shape index (κ1) is 22.0. The number of aryl methyl sites for hydroxylation is 1. The zero-order valence-corrected chi connectivity index (χ0v) is 17.6. The molecule has 2 saturated heterocycles. The van der Waals surface area contributed by atoms with E-state index in [9.17, 15) is 22.8 Å². The van der Waals surface area contributed by atoms with Crippen molar-refractivity contribution in [3.05, 3.63) is 52.8 Å². The number of alkyl halides is 3. The van der Waals surface area contributed by atoms with Gasteiger partial charge in [0.25, 0.3) is 5.91 Å². The molecule has 3 heterocycles. The van der Waals surface area contributed by atoms with E-state index in [0.717, 1.165) is 6.07 Å². The van der Waals surface area contributed by atoms with E-state index < -0.39 is 11.7 Å². The van der Waals surface area contributed by atoms with Crippen LogP contribution in [-0.4, -0.2) is 50.2 Å². The number of nitrogen functional groups attached to an aromatic ring is 1. The molecule has 0 spiro atoms. The van der Waals surface area contributed by atoms with Crippen LogP contribution in [0.2, 0.25) is 0 Å². The smallest absolute Gasteiger partial charge is 0.368 e. The first-order valence-electron chi connectivity index (χ1n) is 10.5. The highest BCUT2D eigenvalue weighted by molar-refractivity contribution is 5.93. The predicted molar refractivity (Wildman–Crippen MR) is 110 cm³/mol. The van der Waals surface area contributed by atoms with Crippen molar-refractivity contribution in [1.29, 1.82) is 0 Å². The topological polar surface area (TPSA) is 92.4 Å². The lowest BCUT2D eigenvalue weighted by Crippen LogP contribution is -2.47. The molecule has 0 bridgehead atoms. The first-order valence-corrected chi connectivity index (χ1v) is 10.5. The van der Waals surface area contributed by atoms with E-state index in [0.29, 0.717) is 31.5 Å². The molecule has 4 rings (SSSR count). The minimum absolute atomic E-state index is 0.00512. The van der Waals surface area contributed by atoms with E-state index in [1.165, 1.54) is 23.1 Å². The summed E-state index contributed by atoms with van der Waals surface area (Å²) in [5.41, 5.74) is 5.75. The van der Waals surface area contributed by atoms with Crippen LogP contribution in [0.5, 0.6) is 0 Å². The second kappa shape index (κ2) is 8.40. The van der Waals surface area contributed by atoms with E-state index in [4.69, 9.17) is 5.73 Å². The van der Waals surface area contributed by atoms with Crippen LogP contribution in [0, 0.1) is 6.92 Å². The summed E-state index contributed by atoms with van der Waals surface area (Å²) in [6, 6.07) is 6.23. The van der Waals surface area contributed by atoms with E-state index in [1.54, 1.807) is 17.9 Å². The Kier molecular flexibility index (Phi) is 5.79. The summed E-state index contributed by atoms with van der Waals surface area (Å²) in [5, 5.41) is 0. The van der Waals surface area contributed by atoms with Crippen molar-refractivity contribution in [2.75, 3.05) is 12.3 Å². The number of aromatic nitrogens is 2. The van der Waals surface area contributed by atoms with Gasteiger partial charge in [-0.3, -0.25) is 9.59 Å². The summed E-state index contributed by atoms with van der Waals surface area (Å²) in [6.07, 6.45) is -2.61. The maximum absolute atomic E-state index is 13.5. The lowest BCUT2D eigenvalue weighted by atomic mass is 10.0. The molecule has 7 nitrogen and oxygen atoms in total. The number of fused-ring (bicyclic) bond motifs is 1. The van der Waals surface area contributed by atoms with Gasteiger partial charge in [0, 0.05) is 25.2 Å². The number of amides is 2. The van der Waals surface area contributed by atoms with E-state index in [2.05, 4.69) is 9.97 Å². The van der Waals surface area contributed by atoms with Crippen LogP contribution < -0.4 is 5.73 Å². The Labute approximate surface area is 183 Å². The SMILES string of the molecule is Cc1cc(C(=O)N2CC[C@@H]3[C@H]2CCCC(=O)N3Cc2ccccc2C(F)(F)F)nc(N)n1. The van der Waals surface area contributed by atoms with Crippen LogP contribution in [-0.2, 0) is 17.5 Å². The van der Waals surface area contributed by atoms with Crippen LogP contribution in [0.1, 0.15) is 53.0 Å². The van der Waals surface area contributed by atoms with Crippen LogP contribution in [0.15, 0.2) is 30.3 Å². The van der Waals surface area contributed by atoms with Crippen molar-refractivity contribution in [2.45, 2.75) is 57.4 Å². The van der Waals surface area contributed by atoms with Crippen molar-refractivity contribution < 1.29 is 22.8 Å². The van der Waals surface area contributed by atoms with E-state index in [-0.39, 0.29) is 54.1 Å². The zero-order valence-electron chi connectivity index (χ0n) is 17.6. The summed E-state index contributed by atoms with van der Waals surface area (Å²) < 4.78 is 40.5. The molecule has 2 aliphatic rings. The van der Waals surface area contributed by atoms with Crippen LogP contribution in [0.25, 0.3) is 0 Å². The number of nitrogens with zero attached hydrogens (tertiary/aromatic N) is 4. The Morgan fingerprint density at radius 1 is 1.19 bits per heavy atom. The van der Waals surface area contributed by atoms with Gasteiger partial charge in [-0.2, -0.15) is 13.2 Å². The molecule has 2 aliphatic heterocycles.